The Morgan fingerprint density at radius 3 is 2.67 bits per heavy atom. The minimum atomic E-state index is -0.00591. The molecule has 1 atom stereocenters. The highest BCUT2D eigenvalue weighted by molar-refractivity contribution is 7.09. The number of hydrogen-bond acceptors (Lipinski definition) is 4. The molecule has 0 bridgehead atoms. The summed E-state index contributed by atoms with van der Waals surface area (Å²) in [4.78, 5) is 7.00. The Morgan fingerprint density at radius 2 is 2.00 bits per heavy atom. The van der Waals surface area contributed by atoms with E-state index in [1.165, 1.54) is 10.6 Å². The van der Waals surface area contributed by atoms with Crippen LogP contribution in [0.5, 0.6) is 0 Å². The Bertz CT molecular complexity index is 579. The van der Waals surface area contributed by atoms with Crippen LogP contribution in [0.15, 0.2) is 41.9 Å². The summed E-state index contributed by atoms with van der Waals surface area (Å²) in [7, 11) is 0. The maximum absolute atomic E-state index is 4.45. The molecule has 2 heterocycles. The third-order valence-electron chi connectivity index (χ3n) is 4.49. The van der Waals surface area contributed by atoms with Crippen molar-refractivity contribution < 1.29 is 0 Å². The quantitative estimate of drug-likeness (QED) is 0.943. The van der Waals surface area contributed by atoms with Crippen LogP contribution in [0, 0.1) is 0 Å². The topological polar surface area (TPSA) is 28.2 Å². The van der Waals surface area contributed by atoms with Gasteiger partial charge in [0.1, 0.15) is 5.01 Å². The largest absolute Gasteiger partial charge is 0.305 e. The summed E-state index contributed by atoms with van der Waals surface area (Å²) in [5, 5.41) is 7.00. The van der Waals surface area contributed by atoms with Crippen molar-refractivity contribution in [2.75, 3.05) is 13.1 Å². The average molecular weight is 301 g/mol. The summed E-state index contributed by atoms with van der Waals surface area (Å²) in [5.41, 5.74) is 1.48. The third kappa shape index (κ3) is 3.03. The summed E-state index contributed by atoms with van der Waals surface area (Å²) < 4.78 is 0. The highest BCUT2D eigenvalue weighted by Gasteiger charge is 2.41. The van der Waals surface area contributed by atoms with Crippen molar-refractivity contribution in [3.05, 3.63) is 52.5 Å². The number of piperazine rings is 1. The predicted molar refractivity (Wildman–Crippen MR) is 88.4 cm³/mol. The van der Waals surface area contributed by atoms with Crippen molar-refractivity contribution in [2.45, 2.75) is 38.4 Å². The lowest BCUT2D eigenvalue weighted by Crippen LogP contribution is -2.65. The van der Waals surface area contributed by atoms with Gasteiger partial charge in [-0.3, -0.25) is 4.90 Å². The van der Waals surface area contributed by atoms with Crippen LogP contribution in [0.4, 0.5) is 0 Å². The number of benzene rings is 1. The molecule has 1 aromatic heterocycles. The van der Waals surface area contributed by atoms with E-state index in [9.17, 15) is 0 Å². The maximum atomic E-state index is 4.45. The van der Waals surface area contributed by atoms with Gasteiger partial charge < -0.3 is 5.32 Å². The SMILES string of the molecule is CC1(c2ccccc2)CN(Cc2nccs2)C(C)(C)CN1. The van der Waals surface area contributed by atoms with Crippen LogP contribution < -0.4 is 5.32 Å². The predicted octanol–water partition coefficient (Wildman–Crippen LogP) is 3.24. The van der Waals surface area contributed by atoms with Crippen LogP contribution >= 0.6 is 11.3 Å². The van der Waals surface area contributed by atoms with Crippen molar-refractivity contribution in [1.82, 2.24) is 15.2 Å². The highest BCUT2D eigenvalue weighted by atomic mass is 32.1. The number of hydrogen-bond donors (Lipinski definition) is 1. The smallest absolute Gasteiger partial charge is 0.107 e. The molecule has 1 aliphatic heterocycles. The van der Waals surface area contributed by atoms with Crippen LogP contribution in [0.25, 0.3) is 0 Å². The van der Waals surface area contributed by atoms with Crippen LogP contribution in [-0.2, 0) is 12.1 Å². The van der Waals surface area contributed by atoms with Gasteiger partial charge in [-0.25, -0.2) is 4.98 Å². The number of aromatic nitrogens is 1. The Hall–Kier alpha value is -1.23. The van der Waals surface area contributed by atoms with Gasteiger partial charge in [0.2, 0.25) is 0 Å². The molecule has 0 amide bonds. The molecule has 1 N–H and O–H groups in total. The van der Waals surface area contributed by atoms with Crippen molar-refractivity contribution in [3.8, 4) is 0 Å². The average Bonchev–Trinajstić information content (AvgIpc) is 2.98. The first-order chi connectivity index (χ1) is 10.00. The second-order valence-corrected chi connectivity index (χ2v) is 7.63. The van der Waals surface area contributed by atoms with Crippen molar-refractivity contribution in [2.24, 2.45) is 0 Å². The van der Waals surface area contributed by atoms with Gasteiger partial charge in [-0.2, -0.15) is 0 Å². The summed E-state index contributed by atoms with van der Waals surface area (Å²) in [6.45, 7) is 9.80. The Balaban J connectivity index is 1.84. The monoisotopic (exact) mass is 301 g/mol. The highest BCUT2D eigenvalue weighted by Crippen LogP contribution is 2.31. The normalized spacial score (nSPS) is 25.9. The van der Waals surface area contributed by atoms with E-state index < -0.39 is 0 Å². The summed E-state index contributed by atoms with van der Waals surface area (Å²) in [6, 6.07) is 10.7. The van der Waals surface area contributed by atoms with Crippen molar-refractivity contribution >= 4 is 11.3 Å². The lowest BCUT2D eigenvalue weighted by molar-refractivity contribution is 0.0245. The van der Waals surface area contributed by atoms with E-state index in [4.69, 9.17) is 0 Å². The zero-order chi connectivity index (χ0) is 14.9. The molecular formula is C17H23N3S. The third-order valence-corrected chi connectivity index (χ3v) is 5.26. The fourth-order valence-corrected chi connectivity index (χ4v) is 3.57. The second-order valence-electron chi connectivity index (χ2n) is 6.65. The molecule has 0 saturated carbocycles. The molecule has 0 radical (unpaired) electrons. The molecule has 1 saturated heterocycles. The molecule has 4 heteroatoms. The second kappa shape index (κ2) is 5.52. The number of thiazole rings is 1. The molecule has 112 valence electrons. The zero-order valence-corrected chi connectivity index (χ0v) is 13.8. The molecule has 1 aromatic carbocycles. The fourth-order valence-electron chi connectivity index (χ4n) is 2.94. The van der Waals surface area contributed by atoms with Gasteiger partial charge in [-0.05, 0) is 26.3 Å². The van der Waals surface area contributed by atoms with E-state index in [2.05, 4.69) is 71.7 Å². The molecule has 21 heavy (non-hydrogen) atoms. The molecule has 1 aliphatic rings. The lowest BCUT2D eigenvalue weighted by atomic mass is 9.85. The van der Waals surface area contributed by atoms with E-state index in [-0.39, 0.29) is 11.1 Å². The van der Waals surface area contributed by atoms with E-state index in [1.54, 1.807) is 11.3 Å². The molecule has 1 unspecified atom stereocenters. The van der Waals surface area contributed by atoms with Gasteiger partial charge in [0, 0.05) is 30.2 Å². The van der Waals surface area contributed by atoms with Crippen molar-refractivity contribution in [3.63, 3.8) is 0 Å². The number of nitrogens with zero attached hydrogens (tertiary/aromatic N) is 2. The van der Waals surface area contributed by atoms with Gasteiger partial charge in [-0.15, -0.1) is 11.3 Å². The van der Waals surface area contributed by atoms with E-state index >= 15 is 0 Å². The zero-order valence-electron chi connectivity index (χ0n) is 13.0. The minimum Gasteiger partial charge on any atom is -0.305 e. The first-order valence-corrected chi connectivity index (χ1v) is 8.32. The van der Waals surface area contributed by atoms with Gasteiger partial charge in [-0.1, -0.05) is 30.3 Å². The summed E-state index contributed by atoms with van der Waals surface area (Å²) in [5.74, 6) is 0. The van der Waals surface area contributed by atoms with Crippen LogP contribution in [0.1, 0.15) is 31.3 Å². The molecule has 3 rings (SSSR count). The van der Waals surface area contributed by atoms with Crippen LogP contribution in [0.3, 0.4) is 0 Å². The summed E-state index contributed by atoms with van der Waals surface area (Å²) >= 11 is 1.74. The van der Waals surface area contributed by atoms with Gasteiger partial charge in [0.15, 0.2) is 0 Å². The standard InChI is InChI=1S/C17H23N3S/c1-16(2)12-19-17(3,14-7-5-4-6-8-14)13-20(16)11-15-18-9-10-21-15/h4-10,19H,11-13H2,1-3H3. The van der Waals surface area contributed by atoms with Gasteiger partial charge >= 0.3 is 0 Å². The molecule has 0 spiro atoms. The van der Waals surface area contributed by atoms with E-state index in [1.807, 2.05) is 6.20 Å². The lowest BCUT2D eigenvalue weighted by Gasteiger charge is -2.50. The molecule has 3 nitrogen and oxygen atoms in total. The number of rotatable bonds is 3. The Labute approximate surface area is 131 Å². The molecule has 0 aliphatic carbocycles. The van der Waals surface area contributed by atoms with Crippen LogP contribution in [-0.4, -0.2) is 28.5 Å². The molecular weight excluding hydrogens is 278 g/mol. The molecule has 2 aromatic rings. The van der Waals surface area contributed by atoms with Gasteiger partial charge in [0.25, 0.3) is 0 Å². The van der Waals surface area contributed by atoms with Crippen molar-refractivity contribution in [1.29, 1.82) is 0 Å². The first kappa shape index (κ1) is 14.7. The van der Waals surface area contributed by atoms with Crippen LogP contribution in [0.2, 0.25) is 0 Å². The van der Waals surface area contributed by atoms with Gasteiger partial charge in [0.05, 0.1) is 12.1 Å². The minimum absolute atomic E-state index is 0.00591. The van der Waals surface area contributed by atoms with E-state index in [0.717, 1.165) is 19.6 Å². The Kier molecular flexibility index (Phi) is 3.86. The van der Waals surface area contributed by atoms with E-state index in [0.29, 0.717) is 0 Å². The maximum Gasteiger partial charge on any atom is 0.107 e. The summed E-state index contributed by atoms with van der Waals surface area (Å²) in [6.07, 6.45) is 1.89. The Morgan fingerprint density at radius 1 is 1.24 bits per heavy atom. The molecule has 1 fully saturated rings. The first-order valence-electron chi connectivity index (χ1n) is 7.44. The number of nitrogens with one attached hydrogen (secondary N) is 1. The fraction of sp³-hybridized carbons (Fsp3) is 0.471.